The Morgan fingerprint density at radius 3 is 2.35 bits per heavy atom. The molecule has 6 fully saturated rings. The number of amides is 1. The van der Waals surface area contributed by atoms with Crippen molar-refractivity contribution in [2.45, 2.75) is 145 Å². The van der Waals surface area contributed by atoms with Gasteiger partial charge in [0.2, 0.25) is 5.91 Å². The molecule has 1 aromatic carbocycles. The van der Waals surface area contributed by atoms with Crippen LogP contribution in [0.2, 0.25) is 0 Å². The number of rotatable bonds is 5. The van der Waals surface area contributed by atoms with Gasteiger partial charge in [-0.05, 0) is 134 Å². The largest absolute Gasteiger partial charge is 0.462 e. The van der Waals surface area contributed by atoms with Gasteiger partial charge in [0.05, 0.1) is 23.3 Å². The summed E-state index contributed by atoms with van der Waals surface area (Å²) < 4.78 is 6.00. The molecule has 6 heteroatoms. The van der Waals surface area contributed by atoms with Crippen molar-refractivity contribution in [2.24, 2.45) is 62.6 Å². The number of aromatic nitrogens is 2. The van der Waals surface area contributed by atoms with Crippen molar-refractivity contribution in [3.63, 3.8) is 0 Å². The Balaban J connectivity index is 1.10. The van der Waals surface area contributed by atoms with Gasteiger partial charge in [-0.1, -0.05) is 78.8 Å². The molecule has 11 atom stereocenters. The summed E-state index contributed by atoms with van der Waals surface area (Å²) in [7, 11) is 0. The van der Waals surface area contributed by atoms with E-state index in [1.807, 2.05) is 12.3 Å². The lowest BCUT2D eigenvalue weighted by atomic mass is 9.32. The maximum absolute atomic E-state index is 15.4. The fourth-order valence-electron chi connectivity index (χ4n) is 15.0. The molecule has 5 aliphatic carbocycles. The third kappa shape index (κ3) is 5.02. The van der Waals surface area contributed by atoms with Crippen LogP contribution in [0.25, 0.3) is 11.3 Å². The van der Waals surface area contributed by atoms with Gasteiger partial charge in [-0.15, -0.1) is 0 Å². The van der Waals surface area contributed by atoms with Gasteiger partial charge in [0.25, 0.3) is 0 Å². The Bertz CT molecular complexity index is 1650. The summed E-state index contributed by atoms with van der Waals surface area (Å²) in [5.41, 5.74) is 2.58. The third-order valence-corrected chi connectivity index (χ3v) is 17.5. The Morgan fingerprint density at radius 1 is 0.863 bits per heavy atom. The van der Waals surface area contributed by atoms with E-state index in [4.69, 9.17) is 9.72 Å². The number of aromatic amines is 1. The molecule has 1 N–H and O–H groups in total. The summed E-state index contributed by atoms with van der Waals surface area (Å²) in [6.45, 7) is 20.1. The number of hydrogen-bond acceptors (Lipinski definition) is 4. The monoisotopic (exact) mass is 696 g/mol. The number of carbonyl (C=O) groups is 2. The molecule has 278 valence electrons. The lowest BCUT2D eigenvalue weighted by Crippen LogP contribution is -2.67. The van der Waals surface area contributed by atoms with Crippen LogP contribution in [0.4, 0.5) is 0 Å². The average molecular weight is 696 g/mol. The molecular formula is C45H65N3O3. The summed E-state index contributed by atoms with van der Waals surface area (Å²) in [5, 5.41) is 0. The zero-order chi connectivity index (χ0) is 36.1. The minimum atomic E-state index is -0.259. The highest BCUT2D eigenvalue weighted by Crippen LogP contribution is 2.78. The SMILES string of the molecule is CC(=O)O[C@H]1CC[C@@]2(C)C(CC[C@]3(C)C2CC[C@@H]2C4[C@H](C(C)C)CC[C@]4(C(=O)N4CCCC4c4ncc(-c5ccccc5)[nH]4)CC[C@]23C)C1(C)C. The first-order valence-corrected chi connectivity index (χ1v) is 20.8. The summed E-state index contributed by atoms with van der Waals surface area (Å²) >= 11 is 0. The van der Waals surface area contributed by atoms with Crippen molar-refractivity contribution in [3.05, 3.63) is 42.4 Å². The number of carbonyl (C=O) groups excluding carboxylic acids is 2. The number of benzene rings is 1. The van der Waals surface area contributed by atoms with Crippen molar-refractivity contribution in [1.29, 1.82) is 0 Å². The van der Waals surface area contributed by atoms with Crippen molar-refractivity contribution < 1.29 is 14.3 Å². The number of hydrogen-bond donors (Lipinski definition) is 1. The molecule has 0 radical (unpaired) electrons. The zero-order valence-corrected chi connectivity index (χ0v) is 32.9. The van der Waals surface area contributed by atoms with Gasteiger partial charge in [0, 0.05) is 18.9 Å². The maximum atomic E-state index is 15.4. The highest BCUT2D eigenvalue weighted by molar-refractivity contribution is 5.84. The molecule has 8 rings (SSSR count). The quantitative estimate of drug-likeness (QED) is 0.316. The third-order valence-electron chi connectivity index (χ3n) is 17.5. The van der Waals surface area contributed by atoms with Crippen LogP contribution in [0.15, 0.2) is 36.5 Å². The van der Waals surface area contributed by atoms with Gasteiger partial charge in [-0.25, -0.2) is 4.98 Å². The van der Waals surface area contributed by atoms with Gasteiger partial charge in [-0.2, -0.15) is 0 Å². The molecule has 2 heterocycles. The van der Waals surface area contributed by atoms with E-state index in [-0.39, 0.29) is 45.2 Å². The van der Waals surface area contributed by atoms with Gasteiger partial charge in [-0.3, -0.25) is 9.59 Å². The number of ether oxygens (including phenoxy) is 1. The number of fused-ring (bicyclic) bond motifs is 7. The van der Waals surface area contributed by atoms with E-state index in [9.17, 15) is 4.79 Å². The molecule has 2 aromatic rings. The predicted octanol–water partition coefficient (Wildman–Crippen LogP) is 10.4. The van der Waals surface area contributed by atoms with E-state index in [0.717, 1.165) is 68.6 Å². The normalized spacial score (nSPS) is 42.8. The van der Waals surface area contributed by atoms with E-state index in [1.54, 1.807) is 6.92 Å². The van der Waals surface area contributed by atoms with Crippen molar-refractivity contribution in [2.75, 3.05) is 6.54 Å². The van der Waals surface area contributed by atoms with E-state index in [2.05, 4.69) is 82.6 Å². The molecule has 1 aromatic heterocycles. The number of esters is 1. The molecule has 0 bridgehead atoms. The topological polar surface area (TPSA) is 75.3 Å². The lowest BCUT2D eigenvalue weighted by Gasteiger charge is -2.73. The summed E-state index contributed by atoms with van der Waals surface area (Å²) in [6, 6.07) is 10.5. The number of likely N-dealkylation sites (tertiary alicyclic amines) is 1. The molecule has 6 nitrogen and oxygen atoms in total. The molecule has 51 heavy (non-hydrogen) atoms. The Hall–Kier alpha value is -2.63. The lowest BCUT2D eigenvalue weighted by molar-refractivity contribution is -0.251. The average Bonchev–Trinajstić information content (AvgIpc) is 3.85. The summed E-state index contributed by atoms with van der Waals surface area (Å²) in [4.78, 5) is 38.4. The Labute approximate surface area is 307 Å². The number of nitrogens with zero attached hydrogens (tertiary/aromatic N) is 2. The van der Waals surface area contributed by atoms with Gasteiger partial charge in [0.15, 0.2) is 0 Å². The van der Waals surface area contributed by atoms with Crippen LogP contribution in [0.3, 0.4) is 0 Å². The molecule has 5 saturated carbocycles. The van der Waals surface area contributed by atoms with Crippen LogP contribution < -0.4 is 0 Å². The van der Waals surface area contributed by atoms with Crippen LogP contribution >= 0.6 is 0 Å². The minimum Gasteiger partial charge on any atom is -0.462 e. The Morgan fingerprint density at radius 2 is 1.63 bits per heavy atom. The van der Waals surface area contributed by atoms with E-state index < -0.39 is 0 Å². The van der Waals surface area contributed by atoms with Crippen LogP contribution in [0.1, 0.15) is 144 Å². The summed E-state index contributed by atoms with van der Waals surface area (Å²) in [6.07, 6.45) is 15.5. The van der Waals surface area contributed by atoms with Gasteiger partial charge < -0.3 is 14.6 Å². The van der Waals surface area contributed by atoms with E-state index >= 15 is 4.79 Å². The molecule has 1 saturated heterocycles. The van der Waals surface area contributed by atoms with Crippen LogP contribution in [0, 0.1) is 62.6 Å². The first kappa shape index (κ1) is 35.4. The van der Waals surface area contributed by atoms with Crippen molar-refractivity contribution in [1.82, 2.24) is 14.9 Å². The molecule has 1 amide bonds. The number of H-pyrrole nitrogens is 1. The fraction of sp³-hybridized carbons (Fsp3) is 0.756. The zero-order valence-electron chi connectivity index (χ0n) is 32.9. The maximum Gasteiger partial charge on any atom is 0.302 e. The smallest absolute Gasteiger partial charge is 0.302 e. The van der Waals surface area contributed by atoms with Crippen molar-refractivity contribution >= 4 is 11.9 Å². The van der Waals surface area contributed by atoms with Crippen LogP contribution in [-0.4, -0.2) is 39.4 Å². The molecular weight excluding hydrogens is 631 g/mol. The second-order valence-corrected chi connectivity index (χ2v) is 20.0. The second-order valence-electron chi connectivity index (χ2n) is 20.0. The van der Waals surface area contributed by atoms with Crippen LogP contribution in [-0.2, 0) is 14.3 Å². The van der Waals surface area contributed by atoms with Crippen molar-refractivity contribution in [3.8, 4) is 11.3 Å². The number of nitrogens with one attached hydrogen (secondary N) is 1. The molecule has 1 aliphatic heterocycles. The van der Waals surface area contributed by atoms with Gasteiger partial charge >= 0.3 is 5.97 Å². The van der Waals surface area contributed by atoms with E-state index in [1.165, 1.54) is 32.1 Å². The predicted molar refractivity (Wildman–Crippen MR) is 202 cm³/mol. The first-order valence-electron chi connectivity index (χ1n) is 20.8. The molecule has 6 aliphatic rings. The van der Waals surface area contributed by atoms with Gasteiger partial charge in [0.1, 0.15) is 11.9 Å². The van der Waals surface area contributed by atoms with E-state index in [0.29, 0.717) is 41.4 Å². The second kappa shape index (κ2) is 12.2. The summed E-state index contributed by atoms with van der Waals surface area (Å²) in [5.74, 6) is 4.67. The fourth-order valence-corrected chi connectivity index (χ4v) is 15.0. The molecule has 4 unspecified atom stereocenters. The minimum absolute atomic E-state index is 0.0106. The van der Waals surface area contributed by atoms with Crippen LogP contribution in [0.5, 0.6) is 0 Å². The highest BCUT2D eigenvalue weighted by atomic mass is 16.5. The number of imidazole rings is 1. The standard InChI is InChI=1S/C45H65N3O3/c1-28(2)31-18-23-45(40(50)48-26-12-15-34(48)39-46-27-33(47-39)30-13-10-9-11-14-30)25-24-43(7)32(38(31)45)16-17-36-42(6)21-20-37(51-29(3)49)41(4,5)35(42)19-22-44(36,43)8/h9-11,13-14,27-28,31-32,34-38H,12,15-26H2,1-8H3,(H,46,47)/t31-,32+,34?,35?,36?,37-,38?,42-,43+,44+,45-/m0/s1. The first-order chi connectivity index (χ1) is 24.2. The highest BCUT2D eigenvalue weighted by Gasteiger charge is 2.72. The molecule has 0 spiro atoms. The Kier molecular flexibility index (Phi) is 8.47.